The Morgan fingerprint density at radius 3 is 3.08 bits per heavy atom. The first kappa shape index (κ1) is 17.0. The monoisotopic (exact) mass is 349 g/mol. The van der Waals surface area contributed by atoms with Gasteiger partial charge in [0, 0.05) is 18.2 Å². The average molecular weight is 350 g/mol. The van der Waals surface area contributed by atoms with Gasteiger partial charge in [0.25, 0.3) is 0 Å². The lowest BCUT2D eigenvalue weighted by Gasteiger charge is -2.29. The predicted molar refractivity (Wildman–Crippen MR) is 90.5 cm³/mol. The van der Waals surface area contributed by atoms with E-state index in [0.717, 1.165) is 24.9 Å². The van der Waals surface area contributed by atoms with Gasteiger partial charge in [-0.2, -0.15) is 0 Å². The molecule has 7 heteroatoms. The summed E-state index contributed by atoms with van der Waals surface area (Å²) in [5.74, 6) is 0.482. The number of hydrogen-bond donors (Lipinski definition) is 2. The minimum atomic E-state index is -0.333. The van der Waals surface area contributed by atoms with Gasteiger partial charge >= 0.3 is 0 Å². The van der Waals surface area contributed by atoms with Crippen LogP contribution in [0.25, 0.3) is 11.3 Å². The fraction of sp³-hybridized carbons (Fsp3) is 0.412. The number of amides is 1. The number of rotatable bonds is 5. The summed E-state index contributed by atoms with van der Waals surface area (Å²) in [5, 5.41) is 17.0. The van der Waals surface area contributed by atoms with Crippen molar-refractivity contribution in [3.8, 4) is 11.3 Å². The number of nitrogens with one attached hydrogen (secondary N) is 1. The van der Waals surface area contributed by atoms with E-state index in [1.165, 1.54) is 0 Å². The molecular formula is C17H20ClN3O3. The topological polar surface area (TPSA) is 78.6 Å². The SMILES string of the molecule is O=C(CN1CCC[C@H](O)C1)NCc1cc(-c2ccccc2Cl)on1. The van der Waals surface area contributed by atoms with Crippen molar-refractivity contribution in [1.29, 1.82) is 0 Å². The van der Waals surface area contributed by atoms with Gasteiger partial charge in [0.2, 0.25) is 5.91 Å². The molecule has 1 aromatic heterocycles. The number of aromatic nitrogens is 1. The molecule has 24 heavy (non-hydrogen) atoms. The molecular weight excluding hydrogens is 330 g/mol. The Morgan fingerprint density at radius 2 is 2.29 bits per heavy atom. The quantitative estimate of drug-likeness (QED) is 0.864. The molecule has 0 aliphatic carbocycles. The molecule has 1 aromatic carbocycles. The van der Waals surface area contributed by atoms with Crippen LogP contribution in [-0.2, 0) is 11.3 Å². The summed E-state index contributed by atoms with van der Waals surface area (Å²) < 4.78 is 5.30. The van der Waals surface area contributed by atoms with E-state index in [4.69, 9.17) is 16.1 Å². The van der Waals surface area contributed by atoms with Crippen LogP contribution in [0.5, 0.6) is 0 Å². The van der Waals surface area contributed by atoms with Crippen molar-refractivity contribution in [2.45, 2.75) is 25.5 Å². The first-order valence-electron chi connectivity index (χ1n) is 7.99. The third kappa shape index (κ3) is 4.35. The Hall–Kier alpha value is -1.89. The van der Waals surface area contributed by atoms with Crippen LogP contribution in [0.4, 0.5) is 0 Å². The molecule has 6 nitrogen and oxygen atoms in total. The third-order valence-corrected chi connectivity index (χ3v) is 4.34. The molecule has 2 heterocycles. The van der Waals surface area contributed by atoms with Crippen molar-refractivity contribution in [3.63, 3.8) is 0 Å². The number of benzene rings is 1. The third-order valence-electron chi connectivity index (χ3n) is 4.01. The second kappa shape index (κ2) is 7.79. The largest absolute Gasteiger partial charge is 0.392 e. The van der Waals surface area contributed by atoms with Gasteiger partial charge in [0.1, 0.15) is 5.69 Å². The van der Waals surface area contributed by atoms with Gasteiger partial charge in [-0.05, 0) is 31.5 Å². The molecule has 0 bridgehead atoms. The number of hydrogen-bond acceptors (Lipinski definition) is 5. The maximum Gasteiger partial charge on any atom is 0.234 e. The lowest BCUT2D eigenvalue weighted by molar-refractivity contribution is -0.123. The second-order valence-electron chi connectivity index (χ2n) is 5.97. The Balaban J connectivity index is 1.52. The van der Waals surface area contributed by atoms with Crippen molar-refractivity contribution in [1.82, 2.24) is 15.4 Å². The number of aliphatic hydroxyl groups excluding tert-OH is 1. The van der Waals surface area contributed by atoms with Crippen LogP contribution in [-0.4, -0.2) is 46.8 Å². The summed E-state index contributed by atoms with van der Waals surface area (Å²) >= 11 is 6.13. The second-order valence-corrected chi connectivity index (χ2v) is 6.38. The summed E-state index contributed by atoms with van der Waals surface area (Å²) in [6.45, 7) is 1.97. The zero-order valence-corrected chi connectivity index (χ0v) is 14.0. The predicted octanol–water partition coefficient (Wildman–Crippen LogP) is 2.07. The molecule has 3 rings (SSSR count). The number of nitrogens with zero attached hydrogens (tertiary/aromatic N) is 2. The molecule has 0 radical (unpaired) electrons. The molecule has 1 saturated heterocycles. The fourth-order valence-corrected chi connectivity index (χ4v) is 3.03. The first-order valence-corrected chi connectivity index (χ1v) is 8.37. The first-order chi connectivity index (χ1) is 11.6. The van der Waals surface area contributed by atoms with Gasteiger partial charge in [0.15, 0.2) is 5.76 Å². The van der Waals surface area contributed by atoms with E-state index in [1.807, 2.05) is 23.1 Å². The molecule has 2 aromatic rings. The summed E-state index contributed by atoms with van der Waals surface area (Å²) in [6.07, 6.45) is 1.39. The van der Waals surface area contributed by atoms with Crippen LogP contribution in [0.15, 0.2) is 34.9 Å². The number of piperidine rings is 1. The number of halogens is 1. The van der Waals surface area contributed by atoms with Crippen LogP contribution in [0.2, 0.25) is 5.02 Å². The normalized spacial score (nSPS) is 18.5. The standard InChI is InChI=1S/C17H20ClN3O3/c18-15-6-2-1-5-14(15)16-8-12(20-24-16)9-19-17(23)11-21-7-3-4-13(22)10-21/h1-2,5-6,8,13,22H,3-4,7,9-11H2,(H,19,23)/t13-/m0/s1. The van der Waals surface area contributed by atoms with E-state index in [0.29, 0.717) is 29.6 Å². The zero-order chi connectivity index (χ0) is 16.9. The molecule has 1 aliphatic heterocycles. The van der Waals surface area contributed by atoms with Gasteiger partial charge in [-0.15, -0.1) is 0 Å². The van der Waals surface area contributed by atoms with Crippen molar-refractivity contribution in [3.05, 3.63) is 41.0 Å². The van der Waals surface area contributed by atoms with Crippen LogP contribution >= 0.6 is 11.6 Å². The summed E-state index contributed by atoms with van der Waals surface area (Å²) in [4.78, 5) is 14.0. The molecule has 1 fully saturated rings. The van der Waals surface area contributed by atoms with Gasteiger partial charge < -0.3 is 14.9 Å². The van der Waals surface area contributed by atoms with E-state index < -0.39 is 0 Å². The summed E-state index contributed by atoms with van der Waals surface area (Å²) in [5.41, 5.74) is 1.41. The number of β-amino-alcohol motifs (C(OH)–C–C–N with tert-alkyl or cyclic N) is 1. The summed E-state index contributed by atoms with van der Waals surface area (Å²) in [6, 6.07) is 9.13. The highest BCUT2D eigenvalue weighted by Gasteiger charge is 2.19. The van der Waals surface area contributed by atoms with Crippen molar-refractivity contribution in [2.75, 3.05) is 19.6 Å². The highest BCUT2D eigenvalue weighted by atomic mass is 35.5. The van der Waals surface area contributed by atoms with Crippen LogP contribution < -0.4 is 5.32 Å². The van der Waals surface area contributed by atoms with Crippen LogP contribution in [0.1, 0.15) is 18.5 Å². The van der Waals surface area contributed by atoms with Gasteiger partial charge in [0.05, 0.1) is 24.2 Å². The highest BCUT2D eigenvalue weighted by Crippen LogP contribution is 2.27. The molecule has 128 valence electrons. The minimum absolute atomic E-state index is 0.0913. The number of aliphatic hydroxyl groups is 1. The van der Waals surface area contributed by atoms with Crippen LogP contribution in [0.3, 0.4) is 0 Å². The van der Waals surface area contributed by atoms with Gasteiger partial charge in [-0.25, -0.2) is 0 Å². The maximum atomic E-state index is 12.0. The molecule has 2 N–H and O–H groups in total. The lowest BCUT2D eigenvalue weighted by atomic mass is 10.1. The number of carbonyl (C=O) groups is 1. The average Bonchev–Trinajstić information content (AvgIpc) is 3.02. The molecule has 1 atom stereocenters. The van der Waals surface area contributed by atoms with E-state index >= 15 is 0 Å². The van der Waals surface area contributed by atoms with E-state index in [2.05, 4.69) is 10.5 Å². The zero-order valence-electron chi connectivity index (χ0n) is 13.2. The van der Waals surface area contributed by atoms with Gasteiger partial charge in [-0.3, -0.25) is 9.69 Å². The van der Waals surface area contributed by atoms with Crippen molar-refractivity contribution >= 4 is 17.5 Å². The van der Waals surface area contributed by atoms with E-state index in [1.54, 1.807) is 12.1 Å². The molecule has 0 unspecified atom stereocenters. The minimum Gasteiger partial charge on any atom is -0.392 e. The van der Waals surface area contributed by atoms with Crippen molar-refractivity contribution in [2.24, 2.45) is 0 Å². The highest BCUT2D eigenvalue weighted by molar-refractivity contribution is 6.33. The maximum absolute atomic E-state index is 12.0. The molecule has 1 amide bonds. The Labute approximate surface area is 145 Å². The summed E-state index contributed by atoms with van der Waals surface area (Å²) in [7, 11) is 0. The van der Waals surface area contributed by atoms with Crippen LogP contribution in [0, 0.1) is 0 Å². The van der Waals surface area contributed by atoms with Gasteiger partial charge in [-0.1, -0.05) is 28.9 Å². The fourth-order valence-electron chi connectivity index (χ4n) is 2.81. The number of likely N-dealkylation sites (tertiary alicyclic amines) is 1. The van der Waals surface area contributed by atoms with E-state index in [9.17, 15) is 9.90 Å². The smallest absolute Gasteiger partial charge is 0.234 e. The van der Waals surface area contributed by atoms with E-state index in [-0.39, 0.29) is 18.6 Å². The van der Waals surface area contributed by atoms with Crippen molar-refractivity contribution < 1.29 is 14.4 Å². The Kier molecular flexibility index (Phi) is 5.50. The Morgan fingerprint density at radius 1 is 1.46 bits per heavy atom. The molecule has 1 aliphatic rings. The Bertz CT molecular complexity index is 704. The molecule has 0 spiro atoms. The number of carbonyl (C=O) groups excluding carboxylic acids is 1. The molecule has 0 saturated carbocycles. The lowest BCUT2D eigenvalue weighted by Crippen LogP contribution is -2.44.